The zero-order valence-corrected chi connectivity index (χ0v) is 12.8. The summed E-state index contributed by atoms with van der Waals surface area (Å²) in [6.07, 6.45) is 6.69. The molecule has 0 unspecified atom stereocenters. The van der Waals surface area contributed by atoms with Crippen molar-refractivity contribution in [1.82, 2.24) is 5.43 Å². The highest BCUT2D eigenvalue weighted by Crippen LogP contribution is 2.40. The molecule has 104 valence electrons. The van der Waals surface area contributed by atoms with Crippen LogP contribution in [0, 0.1) is 18.8 Å². The van der Waals surface area contributed by atoms with E-state index in [1.807, 2.05) is 25.1 Å². The van der Waals surface area contributed by atoms with Crippen LogP contribution in [0.25, 0.3) is 0 Å². The SMILES string of the molecule is Cc1c(Cl)cccc1NC(=S)N/N=C1/C[C@H]2C=CC[C@H]12. The van der Waals surface area contributed by atoms with Gasteiger partial charge in [-0.05, 0) is 55.6 Å². The van der Waals surface area contributed by atoms with E-state index in [4.69, 9.17) is 23.8 Å². The highest BCUT2D eigenvalue weighted by Gasteiger charge is 2.37. The molecular formula is C15H16ClN3S. The van der Waals surface area contributed by atoms with Gasteiger partial charge in [-0.2, -0.15) is 5.10 Å². The topological polar surface area (TPSA) is 36.4 Å². The van der Waals surface area contributed by atoms with Gasteiger partial charge in [0.2, 0.25) is 0 Å². The predicted octanol–water partition coefficient (Wildman–Crippen LogP) is 3.89. The van der Waals surface area contributed by atoms with Crippen molar-refractivity contribution in [2.24, 2.45) is 16.9 Å². The molecule has 3 nitrogen and oxygen atoms in total. The van der Waals surface area contributed by atoms with Crippen LogP contribution in [-0.2, 0) is 0 Å². The number of hydrogen-bond donors (Lipinski definition) is 2. The van der Waals surface area contributed by atoms with Crippen LogP contribution in [-0.4, -0.2) is 10.8 Å². The maximum absolute atomic E-state index is 6.08. The van der Waals surface area contributed by atoms with Gasteiger partial charge < -0.3 is 5.32 Å². The molecule has 1 saturated carbocycles. The molecule has 2 N–H and O–H groups in total. The lowest BCUT2D eigenvalue weighted by molar-refractivity contribution is 0.463. The largest absolute Gasteiger partial charge is 0.331 e. The minimum Gasteiger partial charge on any atom is -0.331 e. The third-order valence-electron chi connectivity index (χ3n) is 3.98. The molecule has 1 fully saturated rings. The average molecular weight is 306 g/mol. The van der Waals surface area contributed by atoms with Crippen LogP contribution in [0.1, 0.15) is 18.4 Å². The predicted molar refractivity (Wildman–Crippen MR) is 88.3 cm³/mol. The van der Waals surface area contributed by atoms with E-state index in [0.717, 1.165) is 29.1 Å². The van der Waals surface area contributed by atoms with Gasteiger partial charge in [0.15, 0.2) is 5.11 Å². The molecule has 20 heavy (non-hydrogen) atoms. The third-order valence-corrected chi connectivity index (χ3v) is 4.58. The van der Waals surface area contributed by atoms with Crippen molar-refractivity contribution >= 4 is 40.3 Å². The zero-order chi connectivity index (χ0) is 14.1. The number of nitrogens with one attached hydrogen (secondary N) is 2. The Balaban J connectivity index is 1.58. The number of thiocarbonyl (C=S) groups is 1. The second kappa shape index (κ2) is 5.54. The molecule has 0 bridgehead atoms. The molecule has 1 aromatic carbocycles. The summed E-state index contributed by atoms with van der Waals surface area (Å²) in [7, 11) is 0. The van der Waals surface area contributed by atoms with Crippen molar-refractivity contribution in [3.05, 3.63) is 40.9 Å². The minimum atomic E-state index is 0.497. The first-order chi connectivity index (χ1) is 9.65. The second-order valence-corrected chi connectivity index (χ2v) is 6.04. The molecule has 1 aromatic rings. The van der Waals surface area contributed by atoms with Crippen LogP contribution < -0.4 is 10.7 Å². The van der Waals surface area contributed by atoms with Gasteiger partial charge in [-0.25, -0.2) is 0 Å². The Kier molecular flexibility index (Phi) is 3.76. The summed E-state index contributed by atoms with van der Waals surface area (Å²) in [5.74, 6) is 1.30. The second-order valence-electron chi connectivity index (χ2n) is 5.22. The van der Waals surface area contributed by atoms with E-state index in [1.165, 1.54) is 5.71 Å². The number of hydrazone groups is 1. The molecule has 0 radical (unpaired) electrons. The van der Waals surface area contributed by atoms with E-state index >= 15 is 0 Å². The highest BCUT2D eigenvalue weighted by atomic mass is 35.5. The lowest BCUT2D eigenvalue weighted by atomic mass is 9.74. The van der Waals surface area contributed by atoms with E-state index in [1.54, 1.807) is 0 Å². The van der Waals surface area contributed by atoms with Gasteiger partial charge in [0.25, 0.3) is 0 Å². The standard InChI is InChI=1S/C15H16ClN3S/c1-9-12(16)6-3-7-13(9)17-15(20)19-18-14-8-10-4-2-5-11(10)14/h2-4,6-7,10-11H,5,8H2,1H3,(H2,17,19,20)/b18-14-/t10-,11+/m1/s1. The number of nitrogens with zero attached hydrogens (tertiary/aromatic N) is 1. The first kappa shape index (κ1) is 13.6. The normalized spacial score (nSPS) is 25.2. The number of halogens is 1. The van der Waals surface area contributed by atoms with Crippen LogP contribution in [0.15, 0.2) is 35.5 Å². The number of fused-ring (bicyclic) bond motifs is 1. The Labute approximate surface area is 129 Å². The van der Waals surface area contributed by atoms with Gasteiger partial charge in [-0.1, -0.05) is 29.8 Å². The third kappa shape index (κ3) is 2.58. The number of benzene rings is 1. The van der Waals surface area contributed by atoms with E-state index < -0.39 is 0 Å². The number of allylic oxidation sites excluding steroid dienone is 2. The average Bonchev–Trinajstić information content (AvgIpc) is 2.77. The fourth-order valence-corrected chi connectivity index (χ4v) is 3.01. The summed E-state index contributed by atoms with van der Waals surface area (Å²) in [5, 5.41) is 8.76. The first-order valence-electron chi connectivity index (χ1n) is 6.70. The van der Waals surface area contributed by atoms with Crippen molar-refractivity contribution in [1.29, 1.82) is 0 Å². The van der Waals surface area contributed by atoms with Crippen molar-refractivity contribution < 1.29 is 0 Å². The number of hydrogen-bond acceptors (Lipinski definition) is 2. The Morgan fingerprint density at radius 1 is 1.45 bits per heavy atom. The summed E-state index contributed by atoms with van der Waals surface area (Å²) < 4.78 is 0. The summed E-state index contributed by atoms with van der Waals surface area (Å²) in [5.41, 5.74) is 6.03. The van der Waals surface area contributed by atoms with Crippen LogP contribution in [0.2, 0.25) is 5.02 Å². The summed E-state index contributed by atoms with van der Waals surface area (Å²) in [6.45, 7) is 1.96. The maximum Gasteiger partial charge on any atom is 0.191 e. The minimum absolute atomic E-state index is 0.497. The van der Waals surface area contributed by atoms with Gasteiger partial charge >= 0.3 is 0 Å². The van der Waals surface area contributed by atoms with Crippen LogP contribution >= 0.6 is 23.8 Å². The van der Waals surface area contributed by atoms with Crippen molar-refractivity contribution in [2.75, 3.05) is 5.32 Å². The molecule has 2 atom stereocenters. The van der Waals surface area contributed by atoms with Gasteiger partial charge in [0, 0.05) is 22.3 Å². The molecule has 0 aromatic heterocycles. The molecule has 2 aliphatic carbocycles. The van der Waals surface area contributed by atoms with Crippen molar-refractivity contribution in [3.8, 4) is 0 Å². The van der Waals surface area contributed by atoms with E-state index in [-0.39, 0.29) is 0 Å². The molecule has 2 aliphatic rings. The summed E-state index contributed by atoms with van der Waals surface area (Å²) in [4.78, 5) is 0. The summed E-state index contributed by atoms with van der Waals surface area (Å²) >= 11 is 11.3. The van der Waals surface area contributed by atoms with Crippen molar-refractivity contribution in [2.45, 2.75) is 19.8 Å². The van der Waals surface area contributed by atoms with Gasteiger partial charge in [-0.3, -0.25) is 5.43 Å². The Bertz CT molecular complexity index is 609. The lowest BCUT2D eigenvalue weighted by Gasteiger charge is -2.31. The van der Waals surface area contributed by atoms with Crippen LogP contribution in [0.4, 0.5) is 5.69 Å². The van der Waals surface area contributed by atoms with Crippen LogP contribution in [0.3, 0.4) is 0 Å². The molecule has 5 heteroatoms. The number of anilines is 1. The fourth-order valence-electron chi connectivity index (χ4n) is 2.68. The Morgan fingerprint density at radius 2 is 2.30 bits per heavy atom. The monoisotopic (exact) mass is 305 g/mol. The summed E-state index contributed by atoms with van der Waals surface area (Å²) in [6, 6.07) is 5.70. The van der Waals surface area contributed by atoms with E-state index in [0.29, 0.717) is 16.9 Å². The van der Waals surface area contributed by atoms with Gasteiger partial charge in [0.1, 0.15) is 0 Å². The molecular weight excluding hydrogens is 290 g/mol. The van der Waals surface area contributed by atoms with Gasteiger partial charge in [-0.15, -0.1) is 0 Å². The Hall–Kier alpha value is -1.39. The molecule has 3 rings (SSSR count). The molecule has 0 spiro atoms. The fraction of sp³-hybridized carbons (Fsp3) is 0.333. The molecule has 0 aliphatic heterocycles. The highest BCUT2D eigenvalue weighted by molar-refractivity contribution is 7.80. The number of rotatable bonds is 2. The quantitative estimate of drug-likeness (QED) is 0.494. The maximum atomic E-state index is 6.08. The molecule has 0 heterocycles. The van der Waals surface area contributed by atoms with Gasteiger partial charge in [0.05, 0.1) is 0 Å². The van der Waals surface area contributed by atoms with E-state index in [9.17, 15) is 0 Å². The van der Waals surface area contributed by atoms with Crippen LogP contribution in [0.5, 0.6) is 0 Å². The smallest absolute Gasteiger partial charge is 0.191 e. The van der Waals surface area contributed by atoms with Crippen molar-refractivity contribution in [3.63, 3.8) is 0 Å². The zero-order valence-electron chi connectivity index (χ0n) is 11.2. The molecule has 0 amide bonds. The van der Waals surface area contributed by atoms with E-state index in [2.05, 4.69) is 28.0 Å². The molecule has 0 saturated heterocycles. The Morgan fingerprint density at radius 3 is 3.10 bits per heavy atom. The first-order valence-corrected chi connectivity index (χ1v) is 7.49. The lowest BCUT2D eigenvalue weighted by Crippen LogP contribution is -2.36.